The molecule has 1 heterocycles. The van der Waals surface area contributed by atoms with E-state index in [0.29, 0.717) is 12.8 Å². The van der Waals surface area contributed by atoms with Crippen molar-refractivity contribution in [1.29, 1.82) is 0 Å². The van der Waals surface area contributed by atoms with Gasteiger partial charge in [-0.15, -0.1) is 0 Å². The molecule has 1 aliphatic heterocycles. The molecule has 0 saturated carbocycles. The molecule has 13 N–H and O–H groups in total. The van der Waals surface area contributed by atoms with E-state index >= 15 is 0 Å². The van der Waals surface area contributed by atoms with Crippen molar-refractivity contribution in [1.82, 2.24) is 47.9 Å². The van der Waals surface area contributed by atoms with Crippen LogP contribution in [-0.2, 0) is 57.5 Å². The standard InChI is InChI=1S/C55H97N9O16/c1-13-16-17-18-19-20-35(67)26-42(68)56-37(23-29(4)5)48(72)57-36(21-22-43(69)70)47(71)64-46-34(12)80-55(79)45(33(11)15-3)63-52(76)41(28-66)61-49(73)38(24-30(6)7)58-51(75)40(27-65)60-50(74)39(25-31(8)9)59-53(77)44(32(10)14-2)62-54(46)78/h29-41,44-46,65-67H,13-28H2,1-12H3,(H,56,68)(H,57,72)(H,58,75)(H,59,77)(H,60,74)(H,61,73)(H,62,78)(H,63,76)(H,64,71)(H,69,70)/t32-,33-,34+,35+,36+,37-,38-,39+,40+,41+,44+,45-,46+/m0/s1. The van der Waals surface area contributed by atoms with Crippen LogP contribution in [0.25, 0.3) is 0 Å². The number of aliphatic carboxylic acids is 1. The van der Waals surface area contributed by atoms with Crippen LogP contribution in [0.15, 0.2) is 0 Å². The number of ether oxygens (including phenoxy) is 1. The van der Waals surface area contributed by atoms with Crippen LogP contribution in [-0.4, -0.2) is 165 Å². The molecule has 0 unspecified atom stereocenters. The first-order chi connectivity index (χ1) is 37.5. The lowest BCUT2D eigenvalue weighted by Gasteiger charge is -2.32. The molecule has 1 fully saturated rings. The van der Waals surface area contributed by atoms with Crippen molar-refractivity contribution < 1.29 is 77.9 Å². The molecule has 9 amide bonds. The molecule has 80 heavy (non-hydrogen) atoms. The van der Waals surface area contributed by atoms with Gasteiger partial charge in [0, 0.05) is 6.42 Å². The Labute approximate surface area is 471 Å². The van der Waals surface area contributed by atoms with Crippen LogP contribution >= 0.6 is 0 Å². The van der Waals surface area contributed by atoms with Gasteiger partial charge >= 0.3 is 11.9 Å². The van der Waals surface area contributed by atoms with Gasteiger partial charge in [0.05, 0.1) is 25.7 Å². The third-order valence-corrected chi connectivity index (χ3v) is 13.9. The van der Waals surface area contributed by atoms with Crippen molar-refractivity contribution in [2.45, 2.75) is 240 Å². The maximum atomic E-state index is 14.8. The summed E-state index contributed by atoms with van der Waals surface area (Å²) in [6.07, 6.45) is 1.31. The fourth-order valence-electron chi connectivity index (χ4n) is 8.78. The Balaban J connectivity index is 4.04. The van der Waals surface area contributed by atoms with E-state index in [1.54, 1.807) is 69.2 Å². The highest BCUT2D eigenvalue weighted by Crippen LogP contribution is 2.17. The highest BCUT2D eigenvalue weighted by Gasteiger charge is 2.41. The molecule has 1 saturated heterocycles. The summed E-state index contributed by atoms with van der Waals surface area (Å²) in [6.45, 7) is 18.5. The van der Waals surface area contributed by atoms with Crippen LogP contribution in [0.2, 0.25) is 0 Å². The first kappa shape index (κ1) is 72.1. The molecular weight excluding hydrogens is 1040 g/mol. The molecule has 0 spiro atoms. The first-order valence-electron chi connectivity index (χ1n) is 28.6. The molecule has 0 aromatic rings. The Hall–Kier alpha value is -5.95. The fraction of sp³-hybridized carbons (Fsp3) is 0.800. The highest BCUT2D eigenvalue weighted by molar-refractivity contribution is 5.99. The largest absolute Gasteiger partial charge is 0.481 e. The summed E-state index contributed by atoms with van der Waals surface area (Å²) >= 11 is 0. The van der Waals surface area contributed by atoms with Crippen molar-refractivity contribution in [3.05, 3.63) is 0 Å². The molecule has 0 aliphatic carbocycles. The topological polar surface area (TPSA) is 386 Å². The van der Waals surface area contributed by atoms with Crippen LogP contribution in [0.5, 0.6) is 0 Å². The number of cyclic esters (lactones) is 1. The van der Waals surface area contributed by atoms with E-state index in [-0.39, 0.29) is 56.3 Å². The van der Waals surface area contributed by atoms with Gasteiger partial charge in [0.2, 0.25) is 53.2 Å². The summed E-state index contributed by atoms with van der Waals surface area (Å²) in [5, 5.41) is 63.7. The number of aliphatic hydroxyl groups is 3. The van der Waals surface area contributed by atoms with Gasteiger partial charge in [0.1, 0.15) is 60.5 Å². The van der Waals surface area contributed by atoms with Crippen molar-refractivity contribution in [2.24, 2.45) is 29.6 Å². The lowest BCUT2D eigenvalue weighted by molar-refractivity contribution is -0.158. The Bertz CT molecular complexity index is 2040. The van der Waals surface area contributed by atoms with Gasteiger partial charge in [0.25, 0.3) is 0 Å². The van der Waals surface area contributed by atoms with E-state index in [4.69, 9.17) is 4.74 Å². The molecule has 0 radical (unpaired) electrons. The number of esters is 1. The predicted octanol–water partition coefficient (Wildman–Crippen LogP) is 0.486. The minimum atomic E-state index is -1.95. The summed E-state index contributed by atoms with van der Waals surface area (Å²) in [4.78, 5) is 153. The Morgan fingerprint density at radius 3 is 1.52 bits per heavy atom. The highest BCUT2D eigenvalue weighted by atomic mass is 16.5. The van der Waals surface area contributed by atoms with E-state index < -0.39 is 170 Å². The molecule has 25 nitrogen and oxygen atoms in total. The summed E-state index contributed by atoms with van der Waals surface area (Å²) in [5.41, 5.74) is 0. The number of aliphatic hydroxyl groups excluding tert-OH is 3. The maximum absolute atomic E-state index is 14.8. The molecule has 0 aromatic heterocycles. The van der Waals surface area contributed by atoms with E-state index in [1.165, 1.54) is 6.92 Å². The quantitative estimate of drug-likeness (QED) is 0.0374. The third kappa shape index (κ3) is 26.1. The second-order valence-electron chi connectivity index (χ2n) is 22.5. The third-order valence-electron chi connectivity index (χ3n) is 13.9. The zero-order valence-electron chi connectivity index (χ0n) is 49.2. The number of rotatable bonds is 28. The van der Waals surface area contributed by atoms with Gasteiger partial charge in [-0.2, -0.15) is 0 Å². The van der Waals surface area contributed by atoms with E-state index in [9.17, 15) is 73.2 Å². The number of carboxylic acids is 1. The predicted molar refractivity (Wildman–Crippen MR) is 295 cm³/mol. The van der Waals surface area contributed by atoms with Crippen molar-refractivity contribution >= 4 is 65.1 Å². The summed E-state index contributed by atoms with van der Waals surface area (Å²) in [6, 6.07) is -14.1. The zero-order valence-corrected chi connectivity index (χ0v) is 49.2. The van der Waals surface area contributed by atoms with Crippen LogP contribution in [0, 0.1) is 29.6 Å². The second kappa shape index (κ2) is 37.1. The van der Waals surface area contributed by atoms with Gasteiger partial charge < -0.3 is 73.0 Å². The minimum absolute atomic E-state index is 0.00960. The second-order valence-corrected chi connectivity index (χ2v) is 22.5. The number of unbranched alkanes of at least 4 members (excludes halogenated alkanes) is 4. The smallest absolute Gasteiger partial charge is 0.329 e. The molecule has 0 bridgehead atoms. The molecule has 1 aliphatic rings. The number of nitrogens with one attached hydrogen (secondary N) is 9. The Kier molecular flexibility index (Phi) is 33.5. The van der Waals surface area contributed by atoms with Crippen LogP contribution in [0.3, 0.4) is 0 Å². The molecule has 0 aromatic carbocycles. The van der Waals surface area contributed by atoms with Crippen molar-refractivity contribution in [3.8, 4) is 0 Å². The molecule has 1 rings (SSSR count). The number of hydrogen-bond donors (Lipinski definition) is 13. The monoisotopic (exact) mass is 1140 g/mol. The maximum Gasteiger partial charge on any atom is 0.329 e. The average molecular weight is 1140 g/mol. The Morgan fingerprint density at radius 1 is 0.562 bits per heavy atom. The van der Waals surface area contributed by atoms with E-state index in [0.717, 1.165) is 25.7 Å². The number of carboxylic acid groups (broad SMARTS) is 1. The summed E-state index contributed by atoms with van der Waals surface area (Å²) < 4.78 is 5.85. The number of carbonyl (C=O) groups excluding carboxylic acids is 10. The minimum Gasteiger partial charge on any atom is -0.481 e. The van der Waals surface area contributed by atoms with Crippen molar-refractivity contribution in [2.75, 3.05) is 13.2 Å². The Morgan fingerprint density at radius 2 is 1.04 bits per heavy atom. The van der Waals surface area contributed by atoms with Gasteiger partial charge in [-0.1, -0.05) is 121 Å². The molecule has 458 valence electrons. The SMILES string of the molecule is CCCCCCC[C@@H](O)CC(=O)N[C@@H](CC(C)C)C(=O)N[C@H](CCC(=O)O)C(=O)N[C@H]1C(=O)N[C@H]([C@@H](C)CC)C(=O)N[C@H](CC(C)C)C(=O)N[C@H](CO)C(=O)N[C@@H](CC(C)C)C(=O)N[C@H](CO)C(=O)N[C@@H]([C@@H](C)CC)C(=O)O[C@@H]1C. The number of carbonyl (C=O) groups is 11. The van der Waals surface area contributed by atoms with Gasteiger partial charge in [-0.05, 0) is 68.6 Å². The first-order valence-corrected chi connectivity index (χ1v) is 28.6. The number of hydrogen-bond acceptors (Lipinski definition) is 15. The van der Waals surface area contributed by atoms with Crippen molar-refractivity contribution in [3.63, 3.8) is 0 Å². The number of amides is 9. The normalized spacial score (nSPS) is 24.2. The van der Waals surface area contributed by atoms with Gasteiger partial charge in [0.15, 0.2) is 0 Å². The molecule has 13 atom stereocenters. The zero-order chi connectivity index (χ0) is 61.0. The summed E-state index contributed by atoms with van der Waals surface area (Å²) in [7, 11) is 0. The lowest BCUT2D eigenvalue weighted by atomic mass is 9.96. The van der Waals surface area contributed by atoms with Crippen LogP contribution in [0.1, 0.15) is 173 Å². The summed E-state index contributed by atoms with van der Waals surface area (Å²) in [5.74, 6) is -13.3. The average Bonchev–Trinajstić information content (AvgIpc) is 3.38. The molecule has 25 heteroatoms. The van der Waals surface area contributed by atoms with Crippen LogP contribution in [0.4, 0.5) is 0 Å². The van der Waals surface area contributed by atoms with Gasteiger partial charge in [-0.25, -0.2) is 4.79 Å². The van der Waals surface area contributed by atoms with E-state index in [2.05, 4.69) is 54.8 Å². The van der Waals surface area contributed by atoms with Crippen LogP contribution < -0.4 is 47.9 Å². The lowest BCUT2D eigenvalue weighted by Crippen LogP contribution is -2.64. The van der Waals surface area contributed by atoms with Gasteiger partial charge in [-0.3, -0.25) is 47.9 Å². The fourth-order valence-corrected chi connectivity index (χ4v) is 8.78. The molecular formula is C55H97N9O16. The van der Waals surface area contributed by atoms with E-state index in [1.807, 2.05) is 0 Å².